The van der Waals surface area contributed by atoms with Gasteiger partial charge in [0.1, 0.15) is 13.2 Å². The summed E-state index contributed by atoms with van der Waals surface area (Å²) in [5.41, 5.74) is 0. The molecule has 0 amide bonds. The molecule has 0 aromatic heterocycles. The lowest BCUT2D eigenvalue weighted by Gasteiger charge is -2.18. The van der Waals surface area contributed by atoms with Crippen molar-refractivity contribution in [3.63, 3.8) is 0 Å². The highest BCUT2D eigenvalue weighted by atomic mass is 16.6. The van der Waals surface area contributed by atoms with E-state index in [-0.39, 0.29) is 31.1 Å². The van der Waals surface area contributed by atoms with Crippen molar-refractivity contribution in [2.24, 2.45) is 0 Å². The van der Waals surface area contributed by atoms with E-state index < -0.39 is 6.10 Å². The van der Waals surface area contributed by atoms with Crippen LogP contribution in [0.15, 0.2) is 24.3 Å². The van der Waals surface area contributed by atoms with Gasteiger partial charge in [-0.3, -0.25) is 14.4 Å². The molecule has 6 heteroatoms. The van der Waals surface area contributed by atoms with E-state index in [0.717, 1.165) is 64.2 Å². The Morgan fingerprint density at radius 1 is 0.247 bits per heavy atom. The average Bonchev–Trinajstić information content (AvgIpc) is 3.43. The molecule has 0 aromatic carbocycles. The van der Waals surface area contributed by atoms with E-state index in [1.54, 1.807) is 0 Å². The number of carbonyl (C=O) groups excluding carboxylic acids is 3. The van der Waals surface area contributed by atoms with E-state index in [1.807, 2.05) is 0 Å². The monoisotopic (exact) mass is 1080 g/mol. The maximum Gasteiger partial charge on any atom is 0.306 e. The number of rotatable bonds is 65. The van der Waals surface area contributed by atoms with Crippen molar-refractivity contribution in [2.75, 3.05) is 13.2 Å². The first kappa shape index (κ1) is 74.9. The van der Waals surface area contributed by atoms with Crippen LogP contribution in [0.3, 0.4) is 0 Å². The fourth-order valence-corrected chi connectivity index (χ4v) is 10.7. The van der Waals surface area contributed by atoms with Crippen LogP contribution in [0.1, 0.15) is 393 Å². The molecule has 0 aliphatic rings. The third-order valence-electron chi connectivity index (χ3n) is 15.9. The van der Waals surface area contributed by atoms with Crippen molar-refractivity contribution in [1.82, 2.24) is 0 Å². The van der Waals surface area contributed by atoms with Crippen molar-refractivity contribution in [3.8, 4) is 0 Å². The Morgan fingerprint density at radius 3 is 0.649 bits per heavy atom. The van der Waals surface area contributed by atoms with Crippen molar-refractivity contribution in [1.29, 1.82) is 0 Å². The minimum Gasteiger partial charge on any atom is -0.462 e. The fraction of sp³-hybridized carbons (Fsp3) is 0.901. The first-order valence-electron chi connectivity index (χ1n) is 34.8. The second kappa shape index (κ2) is 66.4. The van der Waals surface area contributed by atoms with Gasteiger partial charge in [-0.25, -0.2) is 0 Å². The lowest BCUT2D eigenvalue weighted by Crippen LogP contribution is -2.30. The predicted molar refractivity (Wildman–Crippen MR) is 335 cm³/mol. The molecule has 0 saturated heterocycles. The molecule has 0 rings (SSSR count). The smallest absolute Gasteiger partial charge is 0.306 e. The standard InChI is InChI=1S/C71H134O6/c1-4-7-10-13-16-19-22-25-28-31-33-35-36-37-39-40-43-46-49-52-55-58-61-64-70(73)76-67-68(66-75-69(72)63-60-57-54-51-48-45-42-30-27-24-21-18-15-12-9-6-3)77-71(74)65-62-59-56-53-50-47-44-41-38-34-32-29-26-23-20-17-14-11-8-5-2/h30-31,33,42,68H,4-29,32,34-41,43-67H2,1-3H3/b33-31-,42-30-. The number of hydrogen-bond acceptors (Lipinski definition) is 6. The third kappa shape index (κ3) is 64.6. The number of carbonyl (C=O) groups is 3. The van der Waals surface area contributed by atoms with Gasteiger partial charge in [-0.15, -0.1) is 0 Å². The van der Waals surface area contributed by atoms with Crippen LogP contribution in [0.2, 0.25) is 0 Å². The Morgan fingerprint density at radius 2 is 0.429 bits per heavy atom. The second-order valence-corrected chi connectivity index (χ2v) is 23.8. The molecule has 0 heterocycles. The summed E-state index contributed by atoms with van der Waals surface area (Å²) in [6.45, 7) is 6.71. The van der Waals surface area contributed by atoms with E-state index in [4.69, 9.17) is 14.2 Å². The van der Waals surface area contributed by atoms with Gasteiger partial charge >= 0.3 is 17.9 Å². The van der Waals surface area contributed by atoms with Crippen molar-refractivity contribution in [3.05, 3.63) is 24.3 Å². The Bertz CT molecular complexity index is 1240. The Hall–Kier alpha value is -2.11. The molecule has 0 aliphatic heterocycles. The molecule has 0 bridgehead atoms. The molecule has 0 radical (unpaired) electrons. The zero-order valence-corrected chi connectivity index (χ0v) is 52.3. The maximum absolute atomic E-state index is 12.9. The number of allylic oxidation sites excluding steroid dienone is 4. The molecule has 0 aliphatic carbocycles. The number of esters is 3. The molecule has 6 nitrogen and oxygen atoms in total. The second-order valence-electron chi connectivity index (χ2n) is 23.8. The SMILES string of the molecule is CCCCCCCCC/C=C\CCCCCCCC(=O)OCC(COC(=O)CCCCCCCCCCCCC/C=C\CCCCCCCCCC)OC(=O)CCCCCCCCCCCCCCCCCCCCCC. The highest BCUT2D eigenvalue weighted by Crippen LogP contribution is 2.18. The van der Waals surface area contributed by atoms with Gasteiger partial charge in [0.2, 0.25) is 0 Å². The number of hydrogen-bond donors (Lipinski definition) is 0. The highest BCUT2D eigenvalue weighted by molar-refractivity contribution is 5.71. The van der Waals surface area contributed by atoms with Crippen LogP contribution in [-0.2, 0) is 28.6 Å². The molecule has 0 aromatic rings. The van der Waals surface area contributed by atoms with E-state index in [1.165, 1.54) is 289 Å². The molecule has 0 saturated carbocycles. The van der Waals surface area contributed by atoms with Gasteiger partial charge in [-0.05, 0) is 70.6 Å². The first-order chi connectivity index (χ1) is 38.0. The molecule has 0 fully saturated rings. The van der Waals surface area contributed by atoms with Gasteiger partial charge in [0, 0.05) is 19.3 Å². The summed E-state index contributed by atoms with van der Waals surface area (Å²) in [6, 6.07) is 0. The summed E-state index contributed by atoms with van der Waals surface area (Å²) < 4.78 is 17.0. The van der Waals surface area contributed by atoms with Crippen LogP contribution in [0.5, 0.6) is 0 Å². The summed E-state index contributed by atoms with van der Waals surface area (Å²) in [5, 5.41) is 0. The molecule has 77 heavy (non-hydrogen) atoms. The zero-order chi connectivity index (χ0) is 55.7. The number of ether oxygens (including phenoxy) is 3. The topological polar surface area (TPSA) is 78.9 Å². The molecule has 454 valence electrons. The van der Waals surface area contributed by atoms with Crippen LogP contribution >= 0.6 is 0 Å². The average molecular weight is 1080 g/mol. The van der Waals surface area contributed by atoms with Crippen LogP contribution in [-0.4, -0.2) is 37.2 Å². The van der Waals surface area contributed by atoms with Gasteiger partial charge in [-0.1, -0.05) is 328 Å². The first-order valence-corrected chi connectivity index (χ1v) is 34.8. The van der Waals surface area contributed by atoms with E-state index in [2.05, 4.69) is 45.1 Å². The molecular weight excluding hydrogens is 949 g/mol. The summed E-state index contributed by atoms with van der Waals surface area (Å²) in [5.74, 6) is -0.846. The van der Waals surface area contributed by atoms with Crippen LogP contribution in [0.25, 0.3) is 0 Å². The summed E-state index contributed by atoms with van der Waals surface area (Å²) in [6.07, 6.45) is 80.5. The van der Waals surface area contributed by atoms with Gasteiger partial charge < -0.3 is 14.2 Å². The molecule has 1 unspecified atom stereocenters. The van der Waals surface area contributed by atoms with E-state index in [9.17, 15) is 14.4 Å². The van der Waals surface area contributed by atoms with E-state index >= 15 is 0 Å². The Labute approximate surface area is 481 Å². The van der Waals surface area contributed by atoms with E-state index in [0.29, 0.717) is 19.3 Å². The summed E-state index contributed by atoms with van der Waals surface area (Å²) in [7, 11) is 0. The fourth-order valence-electron chi connectivity index (χ4n) is 10.7. The van der Waals surface area contributed by atoms with Gasteiger partial charge in [0.15, 0.2) is 6.10 Å². The molecule has 0 N–H and O–H groups in total. The number of unbranched alkanes of at least 4 members (excludes halogenated alkanes) is 50. The molecule has 0 spiro atoms. The highest BCUT2D eigenvalue weighted by Gasteiger charge is 2.19. The Kier molecular flexibility index (Phi) is 64.6. The minimum atomic E-state index is -0.773. The lowest BCUT2D eigenvalue weighted by atomic mass is 10.0. The third-order valence-corrected chi connectivity index (χ3v) is 15.9. The molecular formula is C71H134O6. The predicted octanol–water partition coefficient (Wildman–Crippen LogP) is 23.8. The Balaban J connectivity index is 4.29. The van der Waals surface area contributed by atoms with Gasteiger partial charge in [0.05, 0.1) is 0 Å². The van der Waals surface area contributed by atoms with Crippen molar-refractivity contribution >= 4 is 17.9 Å². The minimum absolute atomic E-state index is 0.0688. The van der Waals surface area contributed by atoms with Crippen molar-refractivity contribution < 1.29 is 28.6 Å². The lowest BCUT2D eigenvalue weighted by molar-refractivity contribution is -0.167. The van der Waals surface area contributed by atoms with Crippen LogP contribution < -0.4 is 0 Å². The van der Waals surface area contributed by atoms with Crippen molar-refractivity contribution in [2.45, 2.75) is 399 Å². The normalized spacial score (nSPS) is 12.1. The van der Waals surface area contributed by atoms with Crippen LogP contribution in [0.4, 0.5) is 0 Å². The van der Waals surface area contributed by atoms with Crippen LogP contribution in [0, 0.1) is 0 Å². The maximum atomic E-state index is 12.9. The molecule has 1 atom stereocenters. The quantitative estimate of drug-likeness (QED) is 0.0261. The summed E-state index contributed by atoms with van der Waals surface area (Å²) >= 11 is 0. The largest absolute Gasteiger partial charge is 0.462 e. The zero-order valence-electron chi connectivity index (χ0n) is 52.3. The van der Waals surface area contributed by atoms with Gasteiger partial charge in [0.25, 0.3) is 0 Å². The van der Waals surface area contributed by atoms with Gasteiger partial charge in [-0.2, -0.15) is 0 Å². The summed E-state index contributed by atoms with van der Waals surface area (Å²) in [4.78, 5) is 38.4.